The number of benzene rings is 3. The summed E-state index contributed by atoms with van der Waals surface area (Å²) < 4.78 is 6.18. The van der Waals surface area contributed by atoms with Crippen LogP contribution in [0.5, 0.6) is 11.5 Å². The number of carbonyl (C=O) groups is 1. The van der Waals surface area contributed by atoms with Crippen LogP contribution >= 0.6 is 11.6 Å². The van der Waals surface area contributed by atoms with Gasteiger partial charge in [0.15, 0.2) is 5.78 Å². The number of fused-ring (bicyclic) bond motifs is 1. The molecule has 5 rings (SSSR count). The maximum atomic E-state index is 13.4. The number of hydrogen-bond acceptors (Lipinski definition) is 4. The van der Waals surface area contributed by atoms with E-state index in [1.165, 1.54) is 0 Å². The first-order valence-corrected chi connectivity index (χ1v) is 11.6. The average Bonchev–Trinajstić information content (AvgIpc) is 2.91. The van der Waals surface area contributed by atoms with Crippen LogP contribution in [0.4, 0.5) is 11.4 Å². The third-order valence-corrected chi connectivity index (χ3v) is 6.56. The Hall–Kier alpha value is -3.24. The maximum absolute atomic E-state index is 13.4. The first-order valence-electron chi connectivity index (χ1n) is 11.2. The SMILES string of the molecule is Cc1ccccc1Oc1ccc2c(c1)NC(c1ccc(Cl)cc1)C1=C(CC(C)(C)CC1=O)N2. The Morgan fingerprint density at radius 3 is 2.48 bits per heavy atom. The van der Waals surface area contributed by atoms with Crippen molar-refractivity contribution in [1.82, 2.24) is 0 Å². The number of carbonyl (C=O) groups excluding carboxylic acids is 1. The van der Waals surface area contributed by atoms with Gasteiger partial charge in [0, 0.05) is 28.8 Å². The number of allylic oxidation sites excluding steroid dienone is 1. The van der Waals surface area contributed by atoms with E-state index in [4.69, 9.17) is 16.3 Å². The highest BCUT2D eigenvalue weighted by atomic mass is 35.5. The predicted molar refractivity (Wildman–Crippen MR) is 134 cm³/mol. The summed E-state index contributed by atoms with van der Waals surface area (Å²) in [4.78, 5) is 13.4. The van der Waals surface area contributed by atoms with E-state index in [0.29, 0.717) is 11.4 Å². The van der Waals surface area contributed by atoms with Crippen molar-refractivity contribution in [3.8, 4) is 11.5 Å². The van der Waals surface area contributed by atoms with Gasteiger partial charge in [-0.3, -0.25) is 4.79 Å². The van der Waals surface area contributed by atoms with Gasteiger partial charge in [0.2, 0.25) is 0 Å². The van der Waals surface area contributed by atoms with Crippen molar-refractivity contribution in [2.24, 2.45) is 5.41 Å². The van der Waals surface area contributed by atoms with Gasteiger partial charge in [-0.25, -0.2) is 0 Å². The minimum atomic E-state index is -0.275. The number of hydrogen-bond donors (Lipinski definition) is 2. The Balaban J connectivity index is 1.57. The van der Waals surface area contributed by atoms with E-state index in [-0.39, 0.29) is 17.2 Å². The number of ketones is 1. The van der Waals surface area contributed by atoms with Gasteiger partial charge in [-0.2, -0.15) is 0 Å². The molecule has 1 unspecified atom stereocenters. The number of Topliss-reactive ketones (excluding diaryl/α,β-unsaturated/α-hetero) is 1. The molecule has 3 aromatic rings. The summed E-state index contributed by atoms with van der Waals surface area (Å²) in [6.07, 6.45) is 1.33. The van der Waals surface area contributed by atoms with Gasteiger partial charge >= 0.3 is 0 Å². The molecule has 0 amide bonds. The molecule has 0 saturated carbocycles. The molecule has 0 radical (unpaired) electrons. The second-order valence-electron chi connectivity index (χ2n) is 9.66. The molecule has 4 nitrogen and oxygen atoms in total. The second kappa shape index (κ2) is 8.27. The zero-order valence-corrected chi connectivity index (χ0v) is 19.8. The third-order valence-electron chi connectivity index (χ3n) is 6.31. The molecular weight excluding hydrogens is 432 g/mol. The van der Waals surface area contributed by atoms with Crippen molar-refractivity contribution in [3.05, 3.63) is 94.1 Å². The summed E-state index contributed by atoms with van der Waals surface area (Å²) in [5.74, 6) is 1.73. The number of para-hydroxylation sites is 1. The molecule has 2 N–H and O–H groups in total. The topological polar surface area (TPSA) is 50.4 Å². The van der Waals surface area contributed by atoms with Gasteiger partial charge in [-0.05, 0) is 60.2 Å². The van der Waals surface area contributed by atoms with Crippen LogP contribution in [0.3, 0.4) is 0 Å². The lowest BCUT2D eigenvalue weighted by molar-refractivity contribution is -0.118. The van der Waals surface area contributed by atoms with Crippen LogP contribution in [0.15, 0.2) is 78.0 Å². The Morgan fingerprint density at radius 1 is 0.970 bits per heavy atom. The normalized spacial score (nSPS) is 19.0. The molecule has 1 atom stereocenters. The predicted octanol–water partition coefficient (Wildman–Crippen LogP) is 7.66. The van der Waals surface area contributed by atoms with Crippen molar-refractivity contribution < 1.29 is 9.53 Å². The lowest BCUT2D eigenvalue weighted by atomic mass is 9.73. The molecule has 1 aliphatic carbocycles. The molecule has 0 bridgehead atoms. The molecule has 3 aromatic carbocycles. The van der Waals surface area contributed by atoms with Gasteiger partial charge < -0.3 is 15.4 Å². The molecule has 0 aromatic heterocycles. The molecule has 0 spiro atoms. The van der Waals surface area contributed by atoms with Crippen LogP contribution in [-0.2, 0) is 4.79 Å². The molecule has 1 heterocycles. The molecule has 5 heteroatoms. The van der Waals surface area contributed by atoms with E-state index in [9.17, 15) is 4.79 Å². The smallest absolute Gasteiger partial charge is 0.163 e. The molecule has 0 saturated heterocycles. The van der Waals surface area contributed by atoms with Crippen molar-refractivity contribution >= 4 is 28.8 Å². The molecule has 0 fully saturated rings. The summed E-state index contributed by atoms with van der Waals surface area (Å²) in [5, 5.41) is 7.88. The molecular formula is C28H27ClN2O2. The fourth-order valence-electron chi connectivity index (χ4n) is 4.69. The molecule has 1 aliphatic heterocycles. The Bertz CT molecular complexity index is 1260. The summed E-state index contributed by atoms with van der Waals surface area (Å²) in [7, 11) is 0. The zero-order chi connectivity index (χ0) is 23.2. The van der Waals surface area contributed by atoms with E-state index in [0.717, 1.165) is 51.7 Å². The lowest BCUT2D eigenvalue weighted by Crippen LogP contribution is -2.31. The first-order chi connectivity index (χ1) is 15.8. The Morgan fingerprint density at radius 2 is 1.73 bits per heavy atom. The van der Waals surface area contributed by atoms with E-state index in [2.05, 4.69) is 24.5 Å². The van der Waals surface area contributed by atoms with Gasteiger partial charge in [0.05, 0.1) is 17.4 Å². The zero-order valence-electron chi connectivity index (χ0n) is 19.0. The van der Waals surface area contributed by atoms with Crippen LogP contribution in [-0.4, -0.2) is 5.78 Å². The van der Waals surface area contributed by atoms with Gasteiger partial charge in [-0.15, -0.1) is 0 Å². The number of aryl methyl sites for hydroxylation is 1. The lowest BCUT2D eigenvalue weighted by Gasteiger charge is -2.34. The summed E-state index contributed by atoms with van der Waals surface area (Å²) in [5.41, 5.74) is 5.58. The van der Waals surface area contributed by atoms with Crippen molar-refractivity contribution in [2.75, 3.05) is 10.6 Å². The van der Waals surface area contributed by atoms with Crippen LogP contribution in [0.25, 0.3) is 0 Å². The van der Waals surface area contributed by atoms with E-state index < -0.39 is 0 Å². The summed E-state index contributed by atoms with van der Waals surface area (Å²) in [6.45, 7) is 6.32. The Labute approximate surface area is 199 Å². The molecule has 168 valence electrons. The monoisotopic (exact) mass is 458 g/mol. The van der Waals surface area contributed by atoms with Gasteiger partial charge in [0.25, 0.3) is 0 Å². The minimum absolute atomic E-state index is 0.0914. The standard InChI is InChI=1S/C28H27ClN2O2/c1-17-6-4-5-7-25(17)33-20-12-13-21-22(14-20)31-27(18-8-10-19(29)11-9-18)26-23(30-21)15-28(2,3)16-24(26)32/h4-14,27,30-31H,15-16H2,1-3H3. The van der Waals surface area contributed by atoms with Gasteiger partial charge in [0.1, 0.15) is 11.5 Å². The highest BCUT2D eigenvalue weighted by molar-refractivity contribution is 6.30. The van der Waals surface area contributed by atoms with Crippen LogP contribution in [0.2, 0.25) is 5.02 Å². The Kier molecular flexibility index (Phi) is 5.41. The van der Waals surface area contributed by atoms with Crippen molar-refractivity contribution in [3.63, 3.8) is 0 Å². The average molecular weight is 459 g/mol. The van der Waals surface area contributed by atoms with Crippen molar-refractivity contribution in [2.45, 2.75) is 39.7 Å². The van der Waals surface area contributed by atoms with Crippen LogP contribution < -0.4 is 15.4 Å². The minimum Gasteiger partial charge on any atom is -0.457 e. The highest BCUT2D eigenvalue weighted by Gasteiger charge is 2.38. The highest BCUT2D eigenvalue weighted by Crippen LogP contribution is 2.46. The summed E-state index contributed by atoms with van der Waals surface area (Å²) in [6, 6.07) is 21.3. The number of rotatable bonds is 3. The van der Waals surface area contributed by atoms with Crippen molar-refractivity contribution in [1.29, 1.82) is 0 Å². The molecule has 2 aliphatic rings. The second-order valence-corrected chi connectivity index (χ2v) is 10.1. The van der Waals surface area contributed by atoms with Gasteiger partial charge in [-0.1, -0.05) is 55.8 Å². The fourth-order valence-corrected chi connectivity index (χ4v) is 4.82. The van der Waals surface area contributed by atoms with E-state index in [1.54, 1.807) is 0 Å². The number of ether oxygens (including phenoxy) is 1. The quantitative estimate of drug-likeness (QED) is 0.423. The molecule has 33 heavy (non-hydrogen) atoms. The van der Waals surface area contributed by atoms with Crippen LogP contribution in [0, 0.1) is 12.3 Å². The number of halogens is 1. The summed E-state index contributed by atoms with van der Waals surface area (Å²) >= 11 is 6.15. The number of anilines is 2. The third kappa shape index (κ3) is 4.36. The first kappa shape index (κ1) is 21.6. The maximum Gasteiger partial charge on any atom is 0.163 e. The van der Waals surface area contributed by atoms with E-state index >= 15 is 0 Å². The largest absolute Gasteiger partial charge is 0.457 e. The fraction of sp³-hybridized carbons (Fsp3) is 0.250. The van der Waals surface area contributed by atoms with E-state index in [1.807, 2.05) is 73.7 Å². The number of nitrogens with one attached hydrogen (secondary N) is 2. The van der Waals surface area contributed by atoms with Crippen LogP contribution in [0.1, 0.15) is 43.9 Å².